The van der Waals surface area contributed by atoms with Gasteiger partial charge in [0.15, 0.2) is 0 Å². The average molecular weight is 252 g/mol. The third kappa shape index (κ3) is 2.20. The Bertz CT molecular complexity index is 275. The van der Waals surface area contributed by atoms with Gasteiger partial charge in [0.2, 0.25) is 0 Å². The molecule has 0 radical (unpaired) electrons. The fraction of sp³-hybridized carbons (Fsp3) is 0.333. The molecule has 0 aliphatic heterocycles. The van der Waals surface area contributed by atoms with Crippen LogP contribution >= 0.6 is 27.5 Å². The molecule has 12 heavy (non-hydrogen) atoms. The molecule has 1 atom stereocenters. The number of hydrogen-bond donors (Lipinski definition) is 0. The normalized spacial score (nSPS) is 13.0. The lowest BCUT2D eigenvalue weighted by Crippen LogP contribution is -1.92. The Kier molecular flexibility index (Phi) is 3.53. The summed E-state index contributed by atoms with van der Waals surface area (Å²) in [5.74, 6) is -0.236. The number of hydrogen-bond acceptors (Lipinski definition) is 0. The average Bonchev–Trinajstić information content (AvgIpc) is 2.08. The van der Waals surface area contributed by atoms with Gasteiger partial charge in [0.05, 0.1) is 5.38 Å². The third-order valence-electron chi connectivity index (χ3n) is 1.65. The van der Waals surface area contributed by atoms with E-state index in [1.165, 1.54) is 6.07 Å². The summed E-state index contributed by atoms with van der Waals surface area (Å²) in [7, 11) is 0. The summed E-state index contributed by atoms with van der Waals surface area (Å²) in [6.07, 6.45) is 0.731. The van der Waals surface area contributed by atoms with Crippen molar-refractivity contribution in [3.05, 3.63) is 34.1 Å². The second-order valence-corrected chi connectivity index (χ2v) is 3.98. The van der Waals surface area contributed by atoms with Crippen LogP contribution in [0.15, 0.2) is 22.7 Å². The molecule has 0 nitrogen and oxygen atoms in total. The minimum atomic E-state index is -0.236. The second kappa shape index (κ2) is 4.24. The maximum atomic E-state index is 13.1. The molecule has 3 heteroatoms. The first-order chi connectivity index (χ1) is 5.65. The molecule has 1 aromatic carbocycles. The fourth-order valence-corrected chi connectivity index (χ4v) is 1.52. The van der Waals surface area contributed by atoms with Crippen LogP contribution in [0.1, 0.15) is 24.3 Å². The smallest absolute Gasteiger partial charge is 0.127 e. The molecule has 1 unspecified atom stereocenters. The van der Waals surface area contributed by atoms with Gasteiger partial charge in [0, 0.05) is 10.0 Å². The lowest BCUT2D eigenvalue weighted by atomic mass is 10.1. The monoisotopic (exact) mass is 250 g/mol. The van der Waals surface area contributed by atoms with Crippen LogP contribution in [-0.2, 0) is 0 Å². The van der Waals surface area contributed by atoms with Crippen molar-refractivity contribution < 1.29 is 4.39 Å². The van der Waals surface area contributed by atoms with Crippen LogP contribution in [0.5, 0.6) is 0 Å². The van der Waals surface area contributed by atoms with Crippen molar-refractivity contribution >= 4 is 27.5 Å². The van der Waals surface area contributed by atoms with Crippen molar-refractivity contribution in [2.75, 3.05) is 0 Å². The number of benzene rings is 1. The first-order valence-corrected chi connectivity index (χ1v) is 4.97. The zero-order chi connectivity index (χ0) is 9.14. The minimum Gasteiger partial charge on any atom is -0.207 e. The second-order valence-electron chi connectivity index (χ2n) is 2.54. The van der Waals surface area contributed by atoms with E-state index in [9.17, 15) is 4.39 Å². The van der Waals surface area contributed by atoms with Crippen molar-refractivity contribution in [1.29, 1.82) is 0 Å². The highest BCUT2D eigenvalue weighted by Crippen LogP contribution is 2.28. The maximum Gasteiger partial charge on any atom is 0.127 e. The van der Waals surface area contributed by atoms with Crippen molar-refractivity contribution in [2.45, 2.75) is 18.7 Å². The van der Waals surface area contributed by atoms with E-state index in [1.807, 2.05) is 6.92 Å². The van der Waals surface area contributed by atoms with Gasteiger partial charge in [-0.05, 0) is 24.6 Å². The summed E-state index contributed by atoms with van der Waals surface area (Å²) in [6, 6.07) is 4.80. The van der Waals surface area contributed by atoms with Crippen molar-refractivity contribution in [3.63, 3.8) is 0 Å². The number of alkyl halides is 1. The van der Waals surface area contributed by atoms with Crippen LogP contribution in [0.3, 0.4) is 0 Å². The molecule has 0 fully saturated rings. The SMILES string of the molecule is CCC(Cl)c1cc(Br)ccc1F. The molecular weight excluding hydrogens is 242 g/mol. The standard InChI is InChI=1S/C9H9BrClF/c1-2-8(11)7-5-6(10)3-4-9(7)12/h3-5,8H,2H2,1H3. The van der Waals surface area contributed by atoms with E-state index in [-0.39, 0.29) is 11.2 Å². The summed E-state index contributed by atoms with van der Waals surface area (Å²) in [6.45, 7) is 1.93. The van der Waals surface area contributed by atoms with E-state index < -0.39 is 0 Å². The van der Waals surface area contributed by atoms with Crippen LogP contribution in [0.4, 0.5) is 4.39 Å². The molecule has 66 valence electrons. The lowest BCUT2D eigenvalue weighted by Gasteiger charge is -2.07. The Balaban J connectivity index is 3.04. The predicted molar refractivity (Wildman–Crippen MR) is 53.0 cm³/mol. The Morgan fingerprint density at radius 3 is 2.83 bits per heavy atom. The molecular formula is C9H9BrClF. The summed E-state index contributed by atoms with van der Waals surface area (Å²) >= 11 is 9.18. The molecule has 0 spiro atoms. The largest absolute Gasteiger partial charge is 0.207 e. The Morgan fingerprint density at radius 1 is 1.58 bits per heavy atom. The predicted octanol–water partition coefficient (Wildman–Crippen LogP) is 4.28. The Morgan fingerprint density at radius 2 is 2.25 bits per heavy atom. The molecule has 0 saturated heterocycles. The van der Waals surface area contributed by atoms with E-state index in [1.54, 1.807) is 12.1 Å². The molecule has 1 aromatic rings. The van der Waals surface area contributed by atoms with Gasteiger partial charge >= 0.3 is 0 Å². The van der Waals surface area contributed by atoms with Gasteiger partial charge in [-0.15, -0.1) is 11.6 Å². The topological polar surface area (TPSA) is 0 Å². The maximum absolute atomic E-state index is 13.1. The quantitative estimate of drug-likeness (QED) is 0.688. The third-order valence-corrected chi connectivity index (χ3v) is 2.69. The van der Waals surface area contributed by atoms with E-state index in [0.717, 1.165) is 10.9 Å². The zero-order valence-electron chi connectivity index (χ0n) is 6.65. The van der Waals surface area contributed by atoms with E-state index in [2.05, 4.69) is 15.9 Å². The van der Waals surface area contributed by atoms with Gasteiger partial charge in [-0.3, -0.25) is 0 Å². The molecule has 0 bridgehead atoms. The van der Waals surface area contributed by atoms with Gasteiger partial charge < -0.3 is 0 Å². The Labute approximate surface area is 84.9 Å². The van der Waals surface area contributed by atoms with Crippen LogP contribution in [0.25, 0.3) is 0 Å². The molecule has 0 aromatic heterocycles. The van der Waals surface area contributed by atoms with Crippen LogP contribution in [0.2, 0.25) is 0 Å². The van der Waals surface area contributed by atoms with Gasteiger partial charge in [0.1, 0.15) is 5.82 Å². The highest BCUT2D eigenvalue weighted by Gasteiger charge is 2.10. The fourth-order valence-electron chi connectivity index (χ4n) is 0.975. The van der Waals surface area contributed by atoms with Gasteiger partial charge in [-0.25, -0.2) is 4.39 Å². The summed E-state index contributed by atoms with van der Waals surface area (Å²) < 4.78 is 14.0. The minimum absolute atomic E-state index is 0.234. The molecule has 0 amide bonds. The number of rotatable bonds is 2. The highest BCUT2D eigenvalue weighted by atomic mass is 79.9. The van der Waals surface area contributed by atoms with Crippen molar-refractivity contribution in [2.24, 2.45) is 0 Å². The van der Waals surface area contributed by atoms with E-state index in [4.69, 9.17) is 11.6 Å². The molecule has 0 aliphatic carbocycles. The summed E-state index contributed by atoms with van der Waals surface area (Å²) in [4.78, 5) is 0. The van der Waals surface area contributed by atoms with E-state index in [0.29, 0.717) is 5.56 Å². The molecule has 0 heterocycles. The van der Waals surface area contributed by atoms with Gasteiger partial charge in [-0.1, -0.05) is 22.9 Å². The molecule has 1 rings (SSSR count). The summed E-state index contributed by atoms with van der Waals surface area (Å²) in [5, 5.41) is -0.234. The number of halogens is 3. The van der Waals surface area contributed by atoms with Crippen LogP contribution in [-0.4, -0.2) is 0 Å². The van der Waals surface area contributed by atoms with Crippen LogP contribution < -0.4 is 0 Å². The first kappa shape index (κ1) is 10.0. The van der Waals surface area contributed by atoms with Crippen LogP contribution in [0, 0.1) is 5.82 Å². The van der Waals surface area contributed by atoms with Gasteiger partial charge in [0.25, 0.3) is 0 Å². The van der Waals surface area contributed by atoms with Crippen molar-refractivity contribution in [3.8, 4) is 0 Å². The first-order valence-electron chi connectivity index (χ1n) is 3.74. The highest BCUT2D eigenvalue weighted by molar-refractivity contribution is 9.10. The summed E-state index contributed by atoms with van der Waals surface area (Å²) in [5.41, 5.74) is 0.563. The molecule has 0 aliphatic rings. The zero-order valence-corrected chi connectivity index (χ0v) is 8.99. The lowest BCUT2D eigenvalue weighted by molar-refractivity contribution is 0.604. The molecule has 0 saturated carbocycles. The van der Waals surface area contributed by atoms with Crippen molar-refractivity contribution in [1.82, 2.24) is 0 Å². The van der Waals surface area contributed by atoms with Gasteiger partial charge in [-0.2, -0.15) is 0 Å². The van der Waals surface area contributed by atoms with E-state index >= 15 is 0 Å². The Hall–Kier alpha value is -0.0800. The molecule has 0 N–H and O–H groups in total.